The number of fused-ring (bicyclic) bond motifs is 2. The topological polar surface area (TPSA) is 58.4 Å². The van der Waals surface area contributed by atoms with Gasteiger partial charge in [0.15, 0.2) is 0 Å². The van der Waals surface area contributed by atoms with Gasteiger partial charge in [0.1, 0.15) is 5.76 Å². The summed E-state index contributed by atoms with van der Waals surface area (Å²) < 4.78 is 5.24. The van der Waals surface area contributed by atoms with E-state index in [1.807, 2.05) is 18.7 Å². The molecule has 1 saturated carbocycles. The summed E-state index contributed by atoms with van der Waals surface area (Å²) in [7, 11) is 0. The largest absolute Gasteiger partial charge is 0.361 e. The number of urea groups is 1. The van der Waals surface area contributed by atoms with Crippen LogP contribution in [0.2, 0.25) is 0 Å². The Bertz CT molecular complexity index is 788. The van der Waals surface area contributed by atoms with Crippen LogP contribution in [0.3, 0.4) is 0 Å². The first-order chi connectivity index (χ1) is 12.0. The maximum absolute atomic E-state index is 12.7. The van der Waals surface area contributed by atoms with Crippen LogP contribution < -0.4 is 5.32 Å². The molecule has 1 fully saturated rings. The van der Waals surface area contributed by atoms with E-state index < -0.39 is 0 Å². The Morgan fingerprint density at radius 1 is 1.36 bits per heavy atom. The number of hydrogen-bond acceptors (Lipinski definition) is 3. The molecule has 0 bridgehead atoms. The summed E-state index contributed by atoms with van der Waals surface area (Å²) in [6.07, 6.45) is 2.37. The SMILES string of the molecule is Cc1noc(C)c1[C@@H](C)CNC(=O)N1Cc2ccccc2C2(CC2)C1. The van der Waals surface area contributed by atoms with Gasteiger partial charge in [0.05, 0.1) is 5.69 Å². The average molecular weight is 339 g/mol. The number of hydrogen-bond donors (Lipinski definition) is 1. The lowest BCUT2D eigenvalue weighted by Crippen LogP contribution is -2.47. The van der Waals surface area contributed by atoms with Crippen molar-refractivity contribution in [3.8, 4) is 0 Å². The fourth-order valence-electron chi connectivity index (χ4n) is 4.26. The molecule has 0 unspecified atom stereocenters. The molecular formula is C20H25N3O2. The smallest absolute Gasteiger partial charge is 0.317 e. The molecule has 4 rings (SSSR count). The third kappa shape index (κ3) is 2.81. The number of nitrogens with one attached hydrogen (secondary N) is 1. The number of carbonyl (C=O) groups is 1. The van der Waals surface area contributed by atoms with E-state index in [2.05, 4.69) is 41.7 Å². The Morgan fingerprint density at radius 2 is 2.12 bits per heavy atom. The van der Waals surface area contributed by atoms with Crippen molar-refractivity contribution in [1.29, 1.82) is 0 Å². The lowest BCUT2D eigenvalue weighted by molar-refractivity contribution is 0.183. The van der Waals surface area contributed by atoms with Crippen molar-refractivity contribution in [3.05, 3.63) is 52.4 Å². The highest BCUT2D eigenvalue weighted by molar-refractivity contribution is 5.75. The van der Waals surface area contributed by atoms with Crippen LogP contribution in [0, 0.1) is 13.8 Å². The second kappa shape index (κ2) is 5.90. The fourth-order valence-corrected chi connectivity index (χ4v) is 4.26. The quantitative estimate of drug-likeness (QED) is 0.928. The molecule has 1 aromatic heterocycles. The van der Waals surface area contributed by atoms with Gasteiger partial charge < -0.3 is 14.7 Å². The average Bonchev–Trinajstić information content (AvgIpc) is 3.29. The molecule has 2 heterocycles. The van der Waals surface area contributed by atoms with Crippen LogP contribution in [0.4, 0.5) is 4.79 Å². The number of aromatic nitrogens is 1. The van der Waals surface area contributed by atoms with Crippen LogP contribution in [-0.2, 0) is 12.0 Å². The summed E-state index contributed by atoms with van der Waals surface area (Å²) in [6.45, 7) is 8.08. The van der Waals surface area contributed by atoms with Gasteiger partial charge in [0.25, 0.3) is 0 Å². The van der Waals surface area contributed by atoms with E-state index in [1.54, 1.807) is 0 Å². The molecule has 1 aliphatic carbocycles. The summed E-state index contributed by atoms with van der Waals surface area (Å²) in [5, 5.41) is 7.12. The molecule has 1 spiro atoms. The van der Waals surface area contributed by atoms with Crippen molar-refractivity contribution < 1.29 is 9.32 Å². The first-order valence-corrected chi connectivity index (χ1v) is 9.04. The molecule has 5 nitrogen and oxygen atoms in total. The third-order valence-corrected chi connectivity index (χ3v) is 5.73. The van der Waals surface area contributed by atoms with Crippen molar-refractivity contribution in [2.75, 3.05) is 13.1 Å². The Morgan fingerprint density at radius 3 is 2.80 bits per heavy atom. The Kier molecular flexibility index (Phi) is 3.82. The predicted octanol–water partition coefficient (Wildman–Crippen LogP) is 3.65. The van der Waals surface area contributed by atoms with E-state index in [4.69, 9.17) is 4.52 Å². The minimum Gasteiger partial charge on any atom is -0.361 e. The van der Waals surface area contributed by atoms with Crippen LogP contribution in [-0.4, -0.2) is 29.2 Å². The van der Waals surface area contributed by atoms with Gasteiger partial charge in [-0.1, -0.05) is 36.3 Å². The van der Waals surface area contributed by atoms with Gasteiger partial charge >= 0.3 is 6.03 Å². The highest BCUT2D eigenvalue weighted by Gasteiger charge is 2.49. The van der Waals surface area contributed by atoms with Crippen molar-refractivity contribution >= 4 is 6.03 Å². The van der Waals surface area contributed by atoms with E-state index >= 15 is 0 Å². The summed E-state index contributed by atoms with van der Waals surface area (Å²) in [6, 6.07) is 8.59. The number of nitrogens with zero attached hydrogens (tertiary/aromatic N) is 2. The molecule has 132 valence electrons. The molecule has 25 heavy (non-hydrogen) atoms. The monoisotopic (exact) mass is 339 g/mol. The van der Waals surface area contributed by atoms with E-state index in [9.17, 15) is 4.79 Å². The zero-order valence-electron chi connectivity index (χ0n) is 15.1. The molecule has 2 amide bonds. The predicted molar refractivity (Wildman–Crippen MR) is 95.6 cm³/mol. The van der Waals surface area contributed by atoms with Crippen molar-refractivity contribution in [3.63, 3.8) is 0 Å². The molecular weight excluding hydrogens is 314 g/mol. The molecule has 2 aliphatic rings. The van der Waals surface area contributed by atoms with Gasteiger partial charge in [-0.3, -0.25) is 0 Å². The fraction of sp³-hybridized carbons (Fsp3) is 0.500. The van der Waals surface area contributed by atoms with Crippen LogP contribution >= 0.6 is 0 Å². The maximum Gasteiger partial charge on any atom is 0.317 e. The van der Waals surface area contributed by atoms with Gasteiger partial charge in [-0.15, -0.1) is 0 Å². The van der Waals surface area contributed by atoms with Gasteiger partial charge in [-0.25, -0.2) is 4.79 Å². The lowest BCUT2D eigenvalue weighted by atomic mass is 9.87. The highest BCUT2D eigenvalue weighted by Crippen LogP contribution is 2.52. The van der Waals surface area contributed by atoms with Gasteiger partial charge in [-0.05, 0) is 37.8 Å². The van der Waals surface area contributed by atoms with Crippen molar-refractivity contribution in [2.24, 2.45) is 0 Å². The third-order valence-electron chi connectivity index (χ3n) is 5.73. The van der Waals surface area contributed by atoms with Gasteiger partial charge in [-0.2, -0.15) is 0 Å². The van der Waals surface area contributed by atoms with Crippen LogP contribution in [0.5, 0.6) is 0 Å². The highest BCUT2D eigenvalue weighted by atomic mass is 16.5. The second-order valence-corrected chi connectivity index (χ2v) is 7.62. The first kappa shape index (κ1) is 16.2. The Balaban J connectivity index is 1.43. The molecule has 0 saturated heterocycles. The zero-order chi connectivity index (χ0) is 17.6. The molecule has 1 atom stereocenters. The molecule has 0 radical (unpaired) electrons. The number of benzene rings is 1. The summed E-state index contributed by atoms with van der Waals surface area (Å²) >= 11 is 0. The van der Waals surface area contributed by atoms with Crippen molar-refractivity contribution in [2.45, 2.75) is 51.5 Å². The van der Waals surface area contributed by atoms with Crippen LogP contribution in [0.25, 0.3) is 0 Å². The number of aryl methyl sites for hydroxylation is 2. The normalized spacial score (nSPS) is 18.8. The molecule has 1 aliphatic heterocycles. The van der Waals surface area contributed by atoms with Gasteiger partial charge in [0, 0.05) is 36.5 Å². The molecule has 1 aromatic carbocycles. The van der Waals surface area contributed by atoms with E-state index in [0.29, 0.717) is 13.1 Å². The Labute approximate surface area is 148 Å². The summed E-state index contributed by atoms with van der Waals surface area (Å²) in [5.74, 6) is 1.02. The van der Waals surface area contributed by atoms with E-state index in [0.717, 1.165) is 23.6 Å². The van der Waals surface area contributed by atoms with E-state index in [-0.39, 0.29) is 17.4 Å². The summed E-state index contributed by atoms with van der Waals surface area (Å²) in [5.41, 5.74) is 4.95. The molecule has 2 aromatic rings. The first-order valence-electron chi connectivity index (χ1n) is 9.04. The Hall–Kier alpha value is -2.30. The minimum absolute atomic E-state index is 0.0272. The maximum atomic E-state index is 12.7. The standard InChI is InChI=1S/C20H25N3O2/c1-13(18-14(2)22-25-15(18)3)10-21-19(24)23-11-16-6-4-5-7-17(16)20(12-23)8-9-20/h4-7,13H,8-12H2,1-3H3,(H,21,24)/t13-/m0/s1. The summed E-state index contributed by atoms with van der Waals surface area (Å²) in [4.78, 5) is 14.7. The second-order valence-electron chi connectivity index (χ2n) is 7.62. The molecule has 5 heteroatoms. The van der Waals surface area contributed by atoms with E-state index in [1.165, 1.54) is 24.0 Å². The van der Waals surface area contributed by atoms with Crippen LogP contribution in [0.15, 0.2) is 28.8 Å². The number of amides is 2. The van der Waals surface area contributed by atoms with Crippen LogP contribution in [0.1, 0.15) is 53.8 Å². The zero-order valence-corrected chi connectivity index (χ0v) is 15.1. The minimum atomic E-state index is 0.0272. The van der Waals surface area contributed by atoms with Crippen molar-refractivity contribution in [1.82, 2.24) is 15.4 Å². The lowest BCUT2D eigenvalue weighted by Gasteiger charge is -2.35. The molecule has 1 N–H and O–H groups in total. The number of carbonyl (C=O) groups excluding carboxylic acids is 1. The van der Waals surface area contributed by atoms with Gasteiger partial charge in [0.2, 0.25) is 0 Å². The number of rotatable bonds is 3.